The van der Waals surface area contributed by atoms with Crippen LogP contribution in [0.4, 0.5) is 0 Å². The van der Waals surface area contributed by atoms with Gasteiger partial charge in [0.05, 0.1) is 4.92 Å². The third-order valence-corrected chi connectivity index (χ3v) is 4.55. The molecule has 3 nitrogen and oxygen atoms in total. The van der Waals surface area contributed by atoms with E-state index < -0.39 is 0 Å². The Morgan fingerprint density at radius 2 is 1.45 bits per heavy atom. The summed E-state index contributed by atoms with van der Waals surface area (Å²) < 4.78 is 0. The van der Waals surface area contributed by atoms with Gasteiger partial charge in [-0.1, -0.05) is 80.6 Å². The number of hydrogen-bond donors (Lipinski definition) is 0. The van der Waals surface area contributed by atoms with E-state index in [4.69, 9.17) is 0 Å². The molecule has 0 bridgehead atoms. The maximum atomic E-state index is 11.0. The monoisotopic (exact) mass is 375 g/mol. The van der Waals surface area contributed by atoms with Gasteiger partial charge in [-0.25, -0.2) is 0 Å². The fourth-order valence-electron chi connectivity index (χ4n) is 2.57. The van der Waals surface area contributed by atoms with Crippen molar-refractivity contribution in [2.24, 2.45) is 0 Å². The van der Waals surface area contributed by atoms with Crippen molar-refractivity contribution < 1.29 is 4.92 Å². The fourth-order valence-corrected chi connectivity index (χ4v) is 2.97. The molecule has 0 amide bonds. The average molecular weight is 376 g/mol. The molecule has 0 aromatic carbocycles. The number of allylic oxidation sites excluding steroid dienone is 2. The molecular weight excluding hydrogens is 342 g/mol. The van der Waals surface area contributed by atoms with Crippen LogP contribution in [0.2, 0.25) is 0 Å². The number of rotatable bonds is 16. The van der Waals surface area contributed by atoms with Gasteiger partial charge in [-0.15, -0.1) is 0 Å². The van der Waals surface area contributed by atoms with Crippen molar-refractivity contribution in [3.63, 3.8) is 0 Å². The van der Waals surface area contributed by atoms with Crippen LogP contribution in [-0.4, -0.2) is 10.3 Å². The van der Waals surface area contributed by atoms with E-state index in [0.29, 0.717) is 12.1 Å². The van der Waals surface area contributed by atoms with Gasteiger partial charge >= 0.3 is 0 Å². The number of alkyl halides is 1. The van der Waals surface area contributed by atoms with Gasteiger partial charge < -0.3 is 0 Å². The molecule has 0 heterocycles. The Morgan fingerprint density at radius 1 is 0.909 bits per heavy atom. The van der Waals surface area contributed by atoms with E-state index in [1.165, 1.54) is 57.8 Å². The zero-order chi connectivity index (χ0) is 16.5. The van der Waals surface area contributed by atoms with Crippen molar-refractivity contribution in [2.45, 2.75) is 96.8 Å². The molecular formula is C18H34BrNO2. The molecule has 0 N–H and O–H groups in total. The molecule has 4 heteroatoms. The van der Waals surface area contributed by atoms with Crippen LogP contribution in [0.15, 0.2) is 11.8 Å². The zero-order valence-corrected chi connectivity index (χ0v) is 15.9. The maximum absolute atomic E-state index is 11.0. The van der Waals surface area contributed by atoms with Crippen LogP contribution in [0, 0.1) is 10.1 Å². The Hall–Kier alpha value is -0.380. The van der Waals surface area contributed by atoms with Crippen LogP contribution >= 0.6 is 15.9 Å². The zero-order valence-electron chi connectivity index (χ0n) is 14.3. The molecule has 0 unspecified atom stereocenters. The molecule has 0 saturated heterocycles. The predicted octanol–water partition coefficient (Wildman–Crippen LogP) is 7.02. The lowest BCUT2D eigenvalue weighted by atomic mass is 10.1. The van der Waals surface area contributed by atoms with Gasteiger partial charge in [-0.05, 0) is 31.8 Å². The molecule has 0 aliphatic rings. The summed E-state index contributed by atoms with van der Waals surface area (Å²) in [5, 5.41) is 12.1. The number of unbranched alkanes of at least 4 members (excludes halogenated alkanes) is 11. The highest BCUT2D eigenvalue weighted by atomic mass is 79.9. The maximum Gasteiger partial charge on any atom is 0.242 e. The first-order chi connectivity index (χ1) is 10.7. The van der Waals surface area contributed by atoms with Crippen molar-refractivity contribution in [1.82, 2.24) is 0 Å². The largest absolute Gasteiger partial charge is 0.259 e. The second-order valence-corrected chi connectivity index (χ2v) is 6.86. The third kappa shape index (κ3) is 14.6. The third-order valence-electron chi connectivity index (χ3n) is 3.99. The molecule has 130 valence electrons. The van der Waals surface area contributed by atoms with Gasteiger partial charge in [0.25, 0.3) is 0 Å². The molecule has 0 spiro atoms. The number of nitrogens with zero attached hydrogens (tertiary/aromatic N) is 1. The summed E-state index contributed by atoms with van der Waals surface area (Å²) in [4.78, 5) is 10.9. The van der Waals surface area contributed by atoms with E-state index in [9.17, 15) is 10.1 Å². The van der Waals surface area contributed by atoms with Gasteiger partial charge in [0.15, 0.2) is 0 Å². The predicted molar refractivity (Wildman–Crippen MR) is 99.2 cm³/mol. The molecule has 0 saturated carbocycles. The highest BCUT2D eigenvalue weighted by Crippen LogP contribution is 2.15. The summed E-state index contributed by atoms with van der Waals surface area (Å²) in [5.74, 6) is 0. The van der Waals surface area contributed by atoms with Gasteiger partial charge in [-0.2, -0.15) is 0 Å². The highest BCUT2D eigenvalue weighted by Gasteiger charge is 2.09. The molecule has 22 heavy (non-hydrogen) atoms. The molecule has 0 rings (SSSR count). The average Bonchev–Trinajstić information content (AvgIpc) is 2.50. The molecule has 0 aromatic heterocycles. The van der Waals surface area contributed by atoms with E-state index in [-0.39, 0.29) is 4.92 Å². The Bertz CT molecular complexity index is 293. The normalized spacial score (nSPS) is 11.8. The van der Waals surface area contributed by atoms with Gasteiger partial charge in [0.1, 0.15) is 0 Å². The summed E-state index contributed by atoms with van der Waals surface area (Å²) >= 11 is 3.43. The SMILES string of the molecule is CCCCCCCCC=C(CCCCCCCCBr)[N+](=O)[O-]. The summed E-state index contributed by atoms with van der Waals surface area (Å²) in [7, 11) is 0. The first-order valence-corrected chi connectivity index (χ1v) is 10.2. The Kier molecular flexibility index (Phi) is 16.7. The van der Waals surface area contributed by atoms with E-state index >= 15 is 0 Å². The molecule has 0 aliphatic heterocycles. The Balaban J connectivity index is 3.67. The van der Waals surface area contributed by atoms with Gasteiger partial charge in [-0.3, -0.25) is 10.1 Å². The molecule has 0 fully saturated rings. The van der Waals surface area contributed by atoms with Crippen molar-refractivity contribution in [1.29, 1.82) is 0 Å². The standard InChI is InChI=1S/C18H34BrNO2/c1-2-3-4-5-6-9-12-15-18(20(21)22)16-13-10-7-8-11-14-17-19/h15H,2-14,16-17H2,1H3. The number of nitro groups is 1. The van der Waals surface area contributed by atoms with Crippen LogP contribution in [-0.2, 0) is 0 Å². The lowest BCUT2D eigenvalue weighted by Crippen LogP contribution is -1.99. The minimum absolute atomic E-state index is 0.179. The summed E-state index contributed by atoms with van der Waals surface area (Å²) in [6, 6.07) is 0. The van der Waals surface area contributed by atoms with E-state index in [0.717, 1.165) is 31.0 Å². The molecule has 0 aromatic rings. The van der Waals surface area contributed by atoms with E-state index in [1.807, 2.05) is 6.08 Å². The minimum atomic E-state index is -0.179. The highest BCUT2D eigenvalue weighted by molar-refractivity contribution is 9.09. The lowest BCUT2D eigenvalue weighted by Gasteiger charge is -2.01. The Labute approximate surface area is 145 Å². The second kappa shape index (κ2) is 17.0. The van der Waals surface area contributed by atoms with Crippen LogP contribution in [0.5, 0.6) is 0 Å². The van der Waals surface area contributed by atoms with Crippen molar-refractivity contribution in [3.8, 4) is 0 Å². The van der Waals surface area contributed by atoms with Crippen LogP contribution in [0.3, 0.4) is 0 Å². The lowest BCUT2D eigenvalue weighted by molar-refractivity contribution is -0.428. The second-order valence-electron chi connectivity index (χ2n) is 6.07. The van der Waals surface area contributed by atoms with Crippen LogP contribution < -0.4 is 0 Å². The van der Waals surface area contributed by atoms with Gasteiger partial charge in [0.2, 0.25) is 5.70 Å². The topological polar surface area (TPSA) is 43.1 Å². The molecule has 0 radical (unpaired) electrons. The van der Waals surface area contributed by atoms with E-state index in [1.54, 1.807) is 0 Å². The fraction of sp³-hybridized carbons (Fsp3) is 0.889. The molecule has 0 aliphatic carbocycles. The van der Waals surface area contributed by atoms with Crippen LogP contribution in [0.1, 0.15) is 96.8 Å². The van der Waals surface area contributed by atoms with Crippen molar-refractivity contribution >= 4 is 15.9 Å². The molecule has 0 atom stereocenters. The minimum Gasteiger partial charge on any atom is -0.259 e. The van der Waals surface area contributed by atoms with E-state index in [2.05, 4.69) is 22.9 Å². The first-order valence-electron chi connectivity index (χ1n) is 9.11. The number of halogens is 1. The first kappa shape index (κ1) is 21.6. The summed E-state index contributed by atoms with van der Waals surface area (Å²) in [6.07, 6.45) is 17.8. The van der Waals surface area contributed by atoms with Crippen molar-refractivity contribution in [2.75, 3.05) is 5.33 Å². The Morgan fingerprint density at radius 3 is 2.05 bits per heavy atom. The smallest absolute Gasteiger partial charge is 0.242 e. The van der Waals surface area contributed by atoms with Gasteiger partial charge in [0, 0.05) is 11.8 Å². The van der Waals surface area contributed by atoms with Crippen LogP contribution in [0.25, 0.3) is 0 Å². The summed E-state index contributed by atoms with van der Waals surface area (Å²) in [6.45, 7) is 2.22. The number of hydrogen-bond acceptors (Lipinski definition) is 2. The quantitative estimate of drug-likeness (QED) is 0.126. The van der Waals surface area contributed by atoms with Crippen molar-refractivity contribution in [3.05, 3.63) is 21.9 Å². The summed E-state index contributed by atoms with van der Waals surface area (Å²) in [5.41, 5.74) is 0.439.